The molecule has 16 heteroatoms. The van der Waals surface area contributed by atoms with E-state index in [1.54, 1.807) is 32.6 Å². The summed E-state index contributed by atoms with van der Waals surface area (Å²) in [7, 11) is 0. The van der Waals surface area contributed by atoms with Crippen LogP contribution in [0.1, 0.15) is 83.6 Å². The number of hydrogen-bond donors (Lipinski definition) is 4. The molecule has 298 valence electrons. The van der Waals surface area contributed by atoms with Crippen molar-refractivity contribution >= 4 is 41.4 Å². The van der Waals surface area contributed by atoms with E-state index in [4.69, 9.17) is 4.74 Å². The molecule has 1 aromatic rings. The minimum atomic E-state index is -1.18. The molecule has 4 N–H and O–H groups in total. The SMILES string of the molecule is CCC[C@H](NC(=O)[C@@H]1C[C@@H](OC(=O)N2CCC3C=CC=CC3C2)CN1C(=O)[C@H](NC(=O)[C@H](NC(=O)c1cnccn1)C(C)C)C(C)C)C(=O)C(=O)NC1CC1. The number of nitrogens with zero attached hydrogens (tertiary/aromatic N) is 4. The second-order valence-electron chi connectivity index (χ2n) is 15.6. The van der Waals surface area contributed by atoms with Crippen LogP contribution in [0, 0.1) is 23.7 Å². The first-order valence-electron chi connectivity index (χ1n) is 19.4. The van der Waals surface area contributed by atoms with E-state index in [1.807, 2.05) is 19.1 Å². The number of nitrogens with one attached hydrogen (secondary N) is 4. The second-order valence-corrected chi connectivity index (χ2v) is 15.6. The summed E-state index contributed by atoms with van der Waals surface area (Å²) in [4.78, 5) is 105. The number of carbonyl (C=O) groups excluding carboxylic acids is 7. The van der Waals surface area contributed by atoms with Gasteiger partial charge in [0.25, 0.3) is 11.8 Å². The lowest BCUT2D eigenvalue weighted by molar-refractivity contribution is -0.144. The summed E-state index contributed by atoms with van der Waals surface area (Å²) in [6.07, 6.45) is 13.8. The third-order valence-corrected chi connectivity index (χ3v) is 10.5. The van der Waals surface area contributed by atoms with E-state index in [0.29, 0.717) is 25.4 Å². The Labute approximate surface area is 321 Å². The smallest absolute Gasteiger partial charge is 0.410 e. The fourth-order valence-corrected chi connectivity index (χ4v) is 7.18. The molecule has 7 atom stereocenters. The van der Waals surface area contributed by atoms with Crippen molar-refractivity contribution in [1.82, 2.24) is 41.0 Å². The minimum absolute atomic E-state index is 0.0187. The van der Waals surface area contributed by atoms with Crippen molar-refractivity contribution in [2.24, 2.45) is 23.7 Å². The number of rotatable bonds is 15. The molecule has 0 bridgehead atoms. The van der Waals surface area contributed by atoms with Crippen molar-refractivity contribution in [3.05, 3.63) is 48.6 Å². The number of amides is 6. The van der Waals surface area contributed by atoms with Crippen LogP contribution >= 0.6 is 0 Å². The molecule has 2 saturated heterocycles. The highest BCUT2D eigenvalue weighted by molar-refractivity contribution is 6.38. The zero-order chi connectivity index (χ0) is 39.8. The minimum Gasteiger partial charge on any atom is -0.444 e. The Balaban J connectivity index is 1.33. The zero-order valence-electron chi connectivity index (χ0n) is 32.2. The van der Waals surface area contributed by atoms with Gasteiger partial charge < -0.3 is 35.8 Å². The van der Waals surface area contributed by atoms with Gasteiger partial charge >= 0.3 is 6.09 Å². The molecule has 2 aliphatic carbocycles. The van der Waals surface area contributed by atoms with E-state index in [1.165, 1.54) is 23.5 Å². The summed E-state index contributed by atoms with van der Waals surface area (Å²) in [6.45, 7) is 9.61. The van der Waals surface area contributed by atoms with Gasteiger partial charge in [-0.3, -0.25) is 33.8 Å². The van der Waals surface area contributed by atoms with E-state index < -0.39 is 77.6 Å². The molecule has 1 aromatic heterocycles. The Morgan fingerprint density at radius 2 is 1.58 bits per heavy atom. The van der Waals surface area contributed by atoms with Gasteiger partial charge in [0.2, 0.25) is 23.5 Å². The number of aromatic nitrogens is 2. The lowest BCUT2D eigenvalue weighted by atomic mass is 9.83. The largest absolute Gasteiger partial charge is 0.444 e. The summed E-state index contributed by atoms with van der Waals surface area (Å²) in [5.41, 5.74) is 0.0187. The van der Waals surface area contributed by atoms with Gasteiger partial charge in [-0.15, -0.1) is 0 Å². The van der Waals surface area contributed by atoms with Gasteiger partial charge in [-0.1, -0.05) is 65.3 Å². The number of piperidine rings is 1. The predicted molar refractivity (Wildman–Crippen MR) is 200 cm³/mol. The fraction of sp³-hybridized carbons (Fsp3) is 0.615. The molecule has 16 nitrogen and oxygen atoms in total. The molecule has 2 unspecified atom stereocenters. The van der Waals surface area contributed by atoms with Gasteiger partial charge in [0, 0.05) is 43.9 Å². The maximum absolute atomic E-state index is 14.5. The van der Waals surface area contributed by atoms with Crippen LogP contribution in [0.25, 0.3) is 0 Å². The predicted octanol–water partition coefficient (Wildman–Crippen LogP) is 1.67. The van der Waals surface area contributed by atoms with Crippen LogP contribution < -0.4 is 21.3 Å². The van der Waals surface area contributed by atoms with Crippen LogP contribution in [0.2, 0.25) is 0 Å². The molecule has 4 aliphatic rings. The first-order chi connectivity index (χ1) is 26.3. The Morgan fingerprint density at radius 3 is 2.22 bits per heavy atom. The summed E-state index contributed by atoms with van der Waals surface area (Å²) >= 11 is 0. The van der Waals surface area contributed by atoms with E-state index in [2.05, 4.69) is 43.4 Å². The van der Waals surface area contributed by atoms with Gasteiger partial charge in [0.1, 0.15) is 29.9 Å². The van der Waals surface area contributed by atoms with E-state index in [0.717, 1.165) is 19.3 Å². The van der Waals surface area contributed by atoms with Crippen molar-refractivity contribution in [1.29, 1.82) is 0 Å². The molecular weight excluding hydrogens is 708 g/mol. The number of likely N-dealkylation sites (tertiary alicyclic amines) is 2. The van der Waals surface area contributed by atoms with Gasteiger partial charge in [-0.05, 0) is 43.4 Å². The molecule has 3 fully saturated rings. The number of Topliss-reactive ketones (excluding diaryl/α,β-unsaturated/α-hetero) is 1. The Bertz CT molecular complexity index is 1660. The summed E-state index contributed by atoms with van der Waals surface area (Å²) in [6, 6.07) is -4.55. The van der Waals surface area contributed by atoms with Crippen molar-refractivity contribution in [2.45, 2.75) is 109 Å². The number of allylic oxidation sites excluding steroid dienone is 3. The Hall–Kier alpha value is -5.15. The van der Waals surface area contributed by atoms with E-state index in [-0.39, 0.29) is 43.0 Å². The van der Waals surface area contributed by atoms with Crippen LogP contribution in [-0.2, 0) is 28.7 Å². The average molecular weight is 763 g/mol. The first kappa shape index (κ1) is 41.0. The quantitative estimate of drug-likeness (QED) is 0.190. The van der Waals surface area contributed by atoms with Crippen molar-refractivity contribution < 1.29 is 38.3 Å². The number of ketones is 1. The number of carbonyl (C=O) groups is 7. The van der Waals surface area contributed by atoms with Gasteiger partial charge in [0.05, 0.1) is 18.8 Å². The second kappa shape index (κ2) is 18.5. The third-order valence-electron chi connectivity index (χ3n) is 10.5. The van der Waals surface area contributed by atoms with Crippen LogP contribution in [0.3, 0.4) is 0 Å². The molecule has 3 heterocycles. The van der Waals surface area contributed by atoms with Gasteiger partial charge in [0.15, 0.2) is 0 Å². The van der Waals surface area contributed by atoms with Crippen molar-refractivity contribution in [3.63, 3.8) is 0 Å². The monoisotopic (exact) mass is 762 g/mol. The van der Waals surface area contributed by atoms with Gasteiger partial charge in [-0.2, -0.15) is 0 Å². The zero-order valence-corrected chi connectivity index (χ0v) is 32.2. The molecule has 0 aromatic carbocycles. The highest BCUT2D eigenvalue weighted by Gasteiger charge is 2.46. The van der Waals surface area contributed by atoms with E-state index in [9.17, 15) is 33.6 Å². The number of ether oxygens (including phenoxy) is 1. The lowest BCUT2D eigenvalue weighted by Crippen LogP contribution is -2.60. The molecule has 5 rings (SSSR count). The summed E-state index contributed by atoms with van der Waals surface area (Å²) in [5.74, 6) is -4.40. The highest BCUT2D eigenvalue weighted by atomic mass is 16.6. The van der Waals surface area contributed by atoms with Crippen LogP contribution in [-0.4, -0.2) is 117 Å². The van der Waals surface area contributed by atoms with E-state index >= 15 is 0 Å². The maximum atomic E-state index is 14.5. The molecule has 55 heavy (non-hydrogen) atoms. The Kier molecular flexibility index (Phi) is 13.8. The standard InChI is InChI=1S/C39H54N8O8/c1-6-9-28(33(48)37(52)42-26-12-13-26)43-35(50)30-18-27(55-39(54)46-17-14-24-10-7-8-11-25(24)20-46)21-47(30)38(53)32(23(4)5)45-36(51)31(22(2)3)44-34(49)29-19-40-15-16-41-29/h7-8,10-11,15-16,19,22-28,30-32H,6,9,12-14,17-18,20-21H2,1-5H3,(H,42,52)(H,43,50)(H,44,49)(H,45,51)/t24?,25?,27-,28+,30+,31-,32-/m1/s1. The van der Waals surface area contributed by atoms with Crippen molar-refractivity contribution in [2.75, 3.05) is 19.6 Å². The average Bonchev–Trinajstić information content (AvgIpc) is 3.89. The highest BCUT2D eigenvalue weighted by Crippen LogP contribution is 2.30. The molecular formula is C39H54N8O8. The lowest BCUT2D eigenvalue weighted by Gasteiger charge is -2.36. The van der Waals surface area contributed by atoms with Crippen LogP contribution in [0.5, 0.6) is 0 Å². The third kappa shape index (κ3) is 10.5. The van der Waals surface area contributed by atoms with Gasteiger partial charge in [-0.25, -0.2) is 9.78 Å². The Morgan fingerprint density at radius 1 is 0.873 bits per heavy atom. The molecule has 0 spiro atoms. The van der Waals surface area contributed by atoms with Crippen molar-refractivity contribution in [3.8, 4) is 0 Å². The normalized spacial score (nSPS) is 23.3. The number of fused-ring (bicyclic) bond motifs is 1. The fourth-order valence-electron chi connectivity index (χ4n) is 7.18. The molecule has 0 radical (unpaired) electrons. The van der Waals surface area contributed by atoms with Crippen LogP contribution in [0.4, 0.5) is 4.79 Å². The maximum Gasteiger partial charge on any atom is 0.410 e. The first-order valence-corrected chi connectivity index (χ1v) is 19.4. The summed E-state index contributed by atoms with van der Waals surface area (Å²) in [5, 5.41) is 10.9. The topological polar surface area (TPSA) is 209 Å². The molecule has 2 aliphatic heterocycles. The molecule has 6 amide bonds. The van der Waals surface area contributed by atoms with Crippen LogP contribution in [0.15, 0.2) is 42.9 Å². The number of hydrogen-bond acceptors (Lipinski definition) is 10. The summed E-state index contributed by atoms with van der Waals surface area (Å²) < 4.78 is 5.95. The molecule has 1 saturated carbocycles.